The van der Waals surface area contributed by atoms with Gasteiger partial charge in [0.1, 0.15) is 29.5 Å². The van der Waals surface area contributed by atoms with E-state index in [9.17, 15) is 15.8 Å². The summed E-state index contributed by atoms with van der Waals surface area (Å²) in [5.41, 5.74) is -0.809. The van der Waals surface area contributed by atoms with E-state index >= 15 is 13.2 Å². The van der Waals surface area contributed by atoms with E-state index in [1.54, 1.807) is 37.5 Å². The van der Waals surface area contributed by atoms with Crippen molar-refractivity contribution in [3.8, 4) is 24.0 Å². The highest BCUT2D eigenvalue weighted by Crippen LogP contribution is 2.56. The summed E-state index contributed by atoms with van der Waals surface area (Å²) < 4.78 is 56.5. The predicted molar refractivity (Wildman–Crippen MR) is 190 cm³/mol. The largest absolute Gasteiger partial charge is 0.496 e. The lowest BCUT2D eigenvalue weighted by atomic mass is 9.83. The van der Waals surface area contributed by atoms with E-state index in [2.05, 4.69) is 30.9 Å². The third-order valence-electron chi connectivity index (χ3n) is 8.60. The zero-order valence-electron chi connectivity index (χ0n) is 28.6. The average Bonchev–Trinajstić information content (AvgIpc) is 3.46. The Morgan fingerprint density at radius 2 is 1.50 bits per heavy atom. The first-order chi connectivity index (χ1) is 24.1. The first-order valence-corrected chi connectivity index (χ1v) is 16.5. The van der Waals surface area contributed by atoms with Crippen molar-refractivity contribution in [2.75, 3.05) is 25.1 Å². The number of anilines is 1. The molecule has 3 aromatic carbocycles. The molecule has 4 rings (SSSR count). The standard InChI is InChI=1S/C41H39F3N4O2/c1-5-7-22-48(23-8-6-2)35-20-19-32(38(25-35)49-4)18-17-31-16-14-30(24-29(31)3)15-21-37-36(28-47)39(33(26-45)27-46)50-40(37,41(42,43)44)34-12-10-9-11-13-34/h9-21,24-25H,5-8,22-23H2,1-4H3/b18-17+,21-15+. The van der Waals surface area contributed by atoms with Gasteiger partial charge in [0.15, 0.2) is 11.3 Å². The Morgan fingerprint density at radius 1 is 0.860 bits per heavy atom. The molecule has 0 bridgehead atoms. The van der Waals surface area contributed by atoms with Gasteiger partial charge in [-0.25, -0.2) is 0 Å². The Labute approximate surface area is 292 Å². The summed E-state index contributed by atoms with van der Waals surface area (Å²) >= 11 is 0. The molecule has 0 saturated carbocycles. The number of benzene rings is 3. The van der Waals surface area contributed by atoms with Crippen molar-refractivity contribution in [2.24, 2.45) is 0 Å². The summed E-state index contributed by atoms with van der Waals surface area (Å²) in [6.45, 7) is 8.24. The van der Waals surface area contributed by atoms with Gasteiger partial charge in [-0.3, -0.25) is 0 Å². The highest BCUT2D eigenvalue weighted by atomic mass is 19.4. The fourth-order valence-electron chi connectivity index (χ4n) is 5.88. The minimum Gasteiger partial charge on any atom is -0.496 e. The van der Waals surface area contributed by atoms with Crippen molar-refractivity contribution in [1.82, 2.24) is 0 Å². The zero-order valence-corrected chi connectivity index (χ0v) is 28.6. The number of hydrogen-bond acceptors (Lipinski definition) is 6. The summed E-state index contributed by atoms with van der Waals surface area (Å²) in [5, 5.41) is 29.0. The van der Waals surface area contributed by atoms with Gasteiger partial charge in [-0.15, -0.1) is 0 Å². The van der Waals surface area contributed by atoms with E-state index in [1.807, 2.05) is 37.3 Å². The van der Waals surface area contributed by atoms with Crippen LogP contribution < -0.4 is 9.64 Å². The third-order valence-corrected chi connectivity index (χ3v) is 8.60. The van der Waals surface area contributed by atoms with Crippen molar-refractivity contribution >= 4 is 23.9 Å². The number of ether oxygens (including phenoxy) is 2. The van der Waals surface area contributed by atoms with E-state index in [4.69, 9.17) is 9.47 Å². The molecule has 50 heavy (non-hydrogen) atoms. The number of halogens is 3. The van der Waals surface area contributed by atoms with Crippen LogP contribution in [0.25, 0.3) is 18.2 Å². The second kappa shape index (κ2) is 16.6. The minimum absolute atomic E-state index is 0.292. The van der Waals surface area contributed by atoms with Crippen molar-refractivity contribution in [2.45, 2.75) is 58.2 Å². The molecule has 0 saturated heterocycles. The van der Waals surface area contributed by atoms with Crippen LogP contribution in [0.4, 0.5) is 18.9 Å². The highest BCUT2D eigenvalue weighted by molar-refractivity contribution is 5.76. The fraction of sp³-hybridized carbons (Fsp3) is 0.293. The molecule has 6 nitrogen and oxygen atoms in total. The van der Waals surface area contributed by atoms with Crippen molar-refractivity contribution in [3.05, 3.63) is 123 Å². The maximum absolute atomic E-state index is 15.1. The Kier molecular flexibility index (Phi) is 12.3. The third kappa shape index (κ3) is 7.77. The SMILES string of the molecule is CCCCN(CCCC)c1ccc(/C=C/c2ccc(/C=C/C3=C(C#N)C(=C(C#N)C#N)OC3(c3ccccc3)C(F)(F)F)cc2C)c(OC)c1. The number of alkyl halides is 3. The number of rotatable bonds is 13. The Morgan fingerprint density at radius 3 is 2.06 bits per heavy atom. The summed E-state index contributed by atoms with van der Waals surface area (Å²) in [6, 6.07) is 23.4. The summed E-state index contributed by atoms with van der Waals surface area (Å²) in [7, 11) is 1.65. The van der Waals surface area contributed by atoms with Gasteiger partial charge < -0.3 is 14.4 Å². The molecule has 0 amide bonds. The lowest BCUT2D eigenvalue weighted by Crippen LogP contribution is -2.43. The molecule has 0 spiro atoms. The summed E-state index contributed by atoms with van der Waals surface area (Å²) in [5.74, 6) is 0.0540. The molecule has 1 unspecified atom stereocenters. The lowest BCUT2D eigenvalue weighted by Gasteiger charge is -2.33. The zero-order chi connectivity index (χ0) is 36.3. The van der Waals surface area contributed by atoms with E-state index in [0.29, 0.717) is 5.56 Å². The molecule has 3 aromatic rings. The smallest absolute Gasteiger partial charge is 0.437 e. The number of nitriles is 3. The van der Waals surface area contributed by atoms with Gasteiger partial charge in [0.25, 0.3) is 5.60 Å². The average molecular weight is 677 g/mol. The molecule has 0 aliphatic carbocycles. The van der Waals surface area contributed by atoms with Crippen LogP contribution in [0.15, 0.2) is 95.3 Å². The monoisotopic (exact) mass is 676 g/mol. The second-order valence-corrected chi connectivity index (χ2v) is 11.9. The van der Waals surface area contributed by atoms with Crippen molar-refractivity contribution in [3.63, 3.8) is 0 Å². The quantitative estimate of drug-likeness (QED) is 0.132. The number of unbranched alkanes of at least 4 members (excludes halogenated alkanes) is 2. The van der Waals surface area contributed by atoms with Crippen LogP contribution in [0.1, 0.15) is 67.3 Å². The summed E-state index contributed by atoms with van der Waals surface area (Å²) in [6.07, 6.45) is 5.98. The predicted octanol–water partition coefficient (Wildman–Crippen LogP) is 10.2. The van der Waals surface area contributed by atoms with E-state index < -0.39 is 34.3 Å². The van der Waals surface area contributed by atoms with Crippen molar-refractivity contribution in [1.29, 1.82) is 15.8 Å². The van der Waals surface area contributed by atoms with Crippen LogP contribution in [0.5, 0.6) is 5.75 Å². The molecule has 1 atom stereocenters. The topological polar surface area (TPSA) is 93.1 Å². The van der Waals surface area contributed by atoms with Gasteiger partial charge in [0.05, 0.1) is 7.11 Å². The van der Waals surface area contributed by atoms with Gasteiger partial charge in [-0.1, -0.05) is 99.5 Å². The Balaban J connectivity index is 1.70. The van der Waals surface area contributed by atoms with Crippen LogP contribution in [0, 0.1) is 40.9 Å². The lowest BCUT2D eigenvalue weighted by molar-refractivity contribution is -0.249. The molecule has 1 aliphatic rings. The van der Waals surface area contributed by atoms with Crippen LogP contribution in [-0.2, 0) is 10.3 Å². The first kappa shape index (κ1) is 37.1. The van der Waals surface area contributed by atoms with Gasteiger partial charge >= 0.3 is 6.18 Å². The van der Waals surface area contributed by atoms with Gasteiger partial charge in [0, 0.05) is 41.5 Å². The molecule has 256 valence electrons. The normalized spacial score (nSPS) is 15.9. The van der Waals surface area contributed by atoms with Gasteiger partial charge in [0.2, 0.25) is 0 Å². The van der Waals surface area contributed by atoms with E-state index in [0.717, 1.165) is 66.9 Å². The van der Waals surface area contributed by atoms with Gasteiger partial charge in [-0.2, -0.15) is 29.0 Å². The maximum atomic E-state index is 15.1. The van der Waals surface area contributed by atoms with Gasteiger partial charge in [-0.05, 0) is 48.6 Å². The Hall–Kier alpha value is -5.72. The molecule has 0 fully saturated rings. The number of nitrogens with zero attached hydrogens (tertiary/aromatic N) is 4. The number of allylic oxidation sites excluding steroid dienone is 2. The molecule has 1 heterocycles. The van der Waals surface area contributed by atoms with Crippen LogP contribution in [0.3, 0.4) is 0 Å². The van der Waals surface area contributed by atoms with E-state index in [-0.39, 0.29) is 5.56 Å². The van der Waals surface area contributed by atoms with Crippen LogP contribution >= 0.6 is 0 Å². The van der Waals surface area contributed by atoms with E-state index in [1.165, 1.54) is 36.4 Å². The highest BCUT2D eigenvalue weighted by Gasteiger charge is 2.65. The number of methoxy groups -OCH3 is 1. The summed E-state index contributed by atoms with van der Waals surface area (Å²) in [4.78, 5) is 2.40. The minimum atomic E-state index is -5.05. The van der Waals surface area contributed by atoms with Crippen molar-refractivity contribution < 1.29 is 22.6 Å². The number of aryl methyl sites for hydroxylation is 1. The molecular formula is C41H39F3N4O2. The molecule has 0 N–H and O–H groups in total. The fourth-order valence-corrected chi connectivity index (χ4v) is 5.88. The molecule has 0 aromatic heterocycles. The van der Waals surface area contributed by atoms with Crippen LogP contribution in [-0.4, -0.2) is 26.4 Å². The maximum Gasteiger partial charge on any atom is 0.437 e. The second-order valence-electron chi connectivity index (χ2n) is 11.9. The molecular weight excluding hydrogens is 637 g/mol. The molecule has 0 radical (unpaired) electrons. The first-order valence-electron chi connectivity index (χ1n) is 16.5. The van der Waals surface area contributed by atoms with Crippen LogP contribution in [0.2, 0.25) is 0 Å². The molecule has 9 heteroatoms. The number of hydrogen-bond donors (Lipinski definition) is 0. The molecule has 1 aliphatic heterocycles. The Bertz CT molecular complexity index is 1920.